The van der Waals surface area contributed by atoms with Crippen LogP contribution in [0.1, 0.15) is 31.5 Å². The Morgan fingerprint density at radius 2 is 2.13 bits per heavy atom. The first-order chi connectivity index (χ1) is 15.2. The van der Waals surface area contributed by atoms with Gasteiger partial charge in [-0.25, -0.2) is 15.0 Å². The minimum absolute atomic E-state index is 0.0836. The number of aromatic amines is 1. The molecule has 1 aliphatic heterocycles. The number of nitrogens with one attached hydrogen (secondary N) is 2. The van der Waals surface area contributed by atoms with Crippen LogP contribution in [0.5, 0.6) is 0 Å². The molecule has 2 N–H and O–H groups in total. The maximum Gasteiger partial charge on any atom is 0.219 e. The summed E-state index contributed by atoms with van der Waals surface area (Å²) in [7, 11) is 0. The van der Waals surface area contributed by atoms with Crippen molar-refractivity contribution in [1.82, 2.24) is 29.8 Å². The second-order valence-electron chi connectivity index (χ2n) is 7.77. The van der Waals surface area contributed by atoms with Crippen molar-refractivity contribution < 1.29 is 4.79 Å². The van der Waals surface area contributed by atoms with Crippen molar-refractivity contribution in [3.63, 3.8) is 0 Å². The van der Waals surface area contributed by atoms with Gasteiger partial charge in [-0.3, -0.25) is 9.78 Å². The zero-order valence-corrected chi connectivity index (χ0v) is 17.2. The molecule has 1 unspecified atom stereocenters. The number of carbonyl (C=O) groups is 1. The van der Waals surface area contributed by atoms with Gasteiger partial charge >= 0.3 is 0 Å². The number of aromatic nitrogens is 5. The number of amides is 1. The van der Waals surface area contributed by atoms with E-state index in [4.69, 9.17) is 9.97 Å². The molecular weight excluding hydrogens is 390 g/mol. The Morgan fingerprint density at radius 1 is 1.19 bits per heavy atom. The number of hydrogen-bond donors (Lipinski definition) is 2. The van der Waals surface area contributed by atoms with E-state index in [2.05, 4.69) is 20.3 Å². The van der Waals surface area contributed by atoms with Crippen LogP contribution in [0, 0.1) is 0 Å². The van der Waals surface area contributed by atoms with Crippen LogP contribution in [0.3, 0.4) is 0 Å². The first-order valence-electron chi connectivity index (χ1n) is 10.4. The monoisotopic (exact) mass is 413 g/mol. The van der Waals surface area contributed by atoms with Crippen LogP contribution >= 0.6 is 0 Å². The van der Waals surface area contributed by atoms with Gasteiger partial charge in [0, 0.05) is 61.5 Å². The maximum absolute atomic E-state index is 11.9. The molecule has 156 valence electrons. The molecule has 1 saturated heterocycles. The van der Waals surface area contributed by atoms with E-state index in [9.17, 15) is 4.79 Å². The Labute approximate surface area is 179 Å². The lowest BCUT2D eigenvalue weighted by Gasteiger charge is -2.31. The number of carbonyl (C=O) groups excluding carboxylic acids is 1. The van der Waals surface area contributed by atoms with Gasteiger partial charge in [-0.15, -0.1) is 0 Å². The van der Waals surface area contributed by atoms with E-state index in [0.29, 0.717) is 18.2 Å². The number of anilines is 2. The summed E-state index contributed by atoms with van der Waals surface area (Å²) in [5, 5.41) is 4.35. The van der Waals surface area contributed by atoms with E-state index in [1.165, 1.54) is 0 Å². The summed E-state index contributed by atoms with van der Waals surface area (Å²) in [6.07, 6.45) is 9.16. The first kappa shape index (κ1) is 19.2. The van der Waals surface area contributed by atoms with Crippen molar-refractivity contribution in [1.29, 1.82) is 0 Å². The first-order valence-corrected chi connectivity index (χ1v) is 10.4. The maximum atomic E-state index is 11.9. The fourth-order valence-electron chi connectivity index (χ4n) is 4.08. The highest BCUT2D eigenvalue weighted by molar-refractivity contribution is 5.93. The van der Waals surface area contributed by atoms with Gasteiger partial charge in [0.05, 0.1) is 17.4 Å². The Kier molecular flexibility index (Phi) is 5.03. The van der Waals surface area contributed by atoms with Gasteiger partial charge in [0.25, 0.3) is 0 Å². The van der Waals surface area contributed by atoms with E-state index in [-0.39, 0.29) is 11.8 Å². The van der Waals surface area contributed by atoms with Gasteiger partial charge in [0.1, 0.15) is 17.5 Å². The molecule has 0 aromatic carbocycles. The van der Waals surface area contributed by atoms with Gasteiger partial charge in [0.2, 0.25) is 5.91 Å². The number of hydrogen-bond acceptors (Lipinski definition) is 6. The van der Waals surface area contributed by atoms with Crippen LogP contribution in [0.4, 0.5) is 11.6 Å². The van der Waals surface area contributed by atoms with Gasteiger partial charge in [0.15, 0.2) is 0 Å². The fourth-order valence-corrected chi connectivity index (χ4v) is 4.08. The molecule has 8 heteroatoms. The molecule has 0 aliphatic carbocycles. The highest BCUT2D eigenvalue weighted by Gasteiger charge is 2.26. The number of rotatable bonds is 4. The number of piperidine rings is 1. The molecule has 4 aromatic rings. The molecule has 31 heavy (non-hydrogen) atoms. The molecule has 0 radical (unpaired) electrons. The predicted octanol–water partition coefficient (Wildman–Crippen LogP) is 3.88. The third-order valence-electron chi connectivity index (χ3n) is 5.65. The molecule has 0 spiro atoms. The highest BCUT2D eigenvalue weighted by Crippen LogP contribution is 2.31. The summed E-state index contributed by atoms with van der Waals surface area (Å²) in [5.74, 6) is 2.29. The molecule has 1 atom stereocenters. The zero-order valence-electron chi connectivity index (χ0n) is 17.2. The summed E-state index contributed by atoms with van der Waals surface area (Å²) in [6, 6.07) is 9.65. The average molecular weight is 413 g/mol. The summed E-state index contributed by atoms with van der Waals surface area (Å²) < 4.78 is 0. The number of H-pyrrole nitrogens is 1. The minimum Gasteiger partial charge on any atom is -0.360 e. The topological polar surface area (TPSA) is 99.7 Å². The third kappa shape index (κ3) is 3.96. The van der Waals surface area contributed by atoms with Crippen molar-refractivity contribution in [3.05, 3.63) is 60.9 Å². The largest absolute Gasteiger partial charge is 0.360 e. The molecule has 0 bridgehead atoms. The van der Waals surface area contributed by atoms with E-state index < -0.39 is 0 Å². The summed E-state index contributed by atoms with van der Waals surface area (Å²) in [5.41, 5.74) is 2.68. The standard InChI is InChI=1S/C23H23N7O/c1-15(31)30-10-4-5-16(14-30)23-27-19(18-12-24-13-20-17(18)7-9-25-20)11-22(29-23)28-21-6-2-3-8-26-21/h2-3,6-9,11-13,16,25H,4-5,10,14H2,1H3,(H,26,27,28,29). The Bertz CT molecular complexity index is 1220. The minimum atomic E-state index is 0.0836. The summed E-state index contributed by atoms with van der Waals surface area (Å²) >= 11 is 0. The molecule has 1 aliphatic rings. The molecule has 0 saturated carbocycles. The third-order valence-corrected chi connectivity index (χ3v) is 5.65. The normalized spacial score (nSPS) is 16.4. The van der Waals surface area contributed by atoms with E-state index in [0.717, 1.165) is 47.4 Å². The van der Waals surface area contributed by atoms with Crippen LogP contribution < -0.4 is 5.32 Å². The Morgan fingerprint density at radius 3 is 2.97 bits per heavy atom. The Balaban J connectivity index is 1.59. The predicted molar refractivity (Wildman–Crippen MR) is 119 cm³/mol. The number of nitrogens with zero attached hydrogens (tertiary/aromatic N) is 5. The second kappa shape index (κ2) is 8.14. The van der Waals surface area contributed by atoms with Crippen molar-refractivity contribution >= 4 is 28.4 Å². The number of likely N-dealkylation sites (tertiary alicyclic amines) is 1. The van der Waals surface area contributed by atoms with E-state index in [1.54, 1.807) is 19.3 Å². The summed E-state index contributed by atoms with van der Waals surface area (Å²) in [4.78, 5) is 35.5. The van der Waals surface area contributed by atoms with Crippen LogP contribution in [-0.2, 0) is 4.79 Å². The molecule has 5 rings (SSSR count). The van der Waals surface area contributed by atoms with Crippen LogP contribution in [0.25, 0.3) is 22.2 Å². The zero-order chi connectivity index (χ0) is 21.2. The van der Waals surface area contributed by atoms with Gasteiger partial charge in [-0.2, -0.15) is 0 Å². The van der Waals surface area contributed by atoms with Crippen molar-refractivity contribution in [2.45, 2.75) is 25.7 Å². The lowest BCUT2D eigenvalue weighted by atomic mass is 9.96. The molecule has 1 fully saturated rings. The van der Waals surface area contributed by atoms with Crippen molar-refractivity contribution in [2.24, 2.45) is 0 Å². The molecule has 1 amide bonds. The van der Waals surface area contributed by atoms with Gasteiger partial charge < -0.3 is 15.2 Å². The van der Waals surface area contributed by atoms with E-state index in [1.807, 2.05) is 47.6 Å². The average Bonchev–Trinajstić information content (AvgIpc) is 3.29. The smallest absolute Gasteiger partial charge is 0.219 e. The molecule has 5 heterocycles. The van der Waals surface area contributed by atoms with Gasteiger partial charge in [-0.1, -0.05) is 6.07 Å². The van der Waals surface area contributed by atoms with Crippen LogP contribution in [-0.4, -0.2) is 48.8 Å². The van der Waals surface area contributed by atoms with Crippen molar-refractivity contribution in [2.75, 3.05) is 18.4 Å². The Hall–Kier alpha value is -3.81. The molecule has 4 aromatic heterocycles. The lowest BCUT2D eigenvalue weighted by Crippen LogP contribution is -2.38. The quantitative estimate of drug-likeness (QED) is 0.527. The summed E-state index contributed by atoms with van der Waals surface area (Å²) in [6.45, 7) is 3.04. The van der Waals surface area contributed by atoms with Crippen molar-refractivity contribution in [3.8, 4) is 11.3 Å². The number of fused-ring (bicyclic) bond motifs is 1. The molecular formula is C23H23N7O. The highest BCUT2D eigenvalue weighted by atomic mass is 16.2. The molecule has 8 nitrogen and oxygen atoms in total. The van der Waals surface area contributed by atoms with Crippen LogP contribution in [0.2, 0.25) is 0 Å². The lowest BCUT2D eigenvalue weighted by molar-refractivity contribution is -0.130. The fraction of sp³-hybridized carbons (Fsp3) is 0.261. The second-order valence-corrected chi connectivity index (χ2v) is 7.77. The van der Waals surface area contributed by atoms with Crippen LogP contribution in [0.15, 0.2) is 55.1 Å². The van der Waals surface area contributed by atoms with Gasteiger partial charge in [-0.05, 0) is 31.0 Å². The number of pyridine rings is 2. The SMILES string of the molecule is CC(=O)N1CCCC(c2nc(Nc3ccccn3)cc(-c3cncc4[nH]ccc34)n2)C1. The van der Waals surface area contributed by atoms with E-state index >= 15 is 0 Å².